The van der Waals surface area contributed by atoms with Crippen LogP contribution in [0, 0.1) is 0 Å². The predicted molar refractivity (Wildman–Crippen MR) is 94.7 cm³/mol. The number of nitrogens with zero attached hydrogens (tertiary/aromatic N) is 2. The highest BCUT2D eigenvalue weighted by molar-refractivity contribution is 7.89. The van der Waals surface area contributed by atoms with E-state index < -0.39 is 26.7 Å². The van der Waals surface area contributed by atoms with E-state index in [0.29, 0.717) is 6.07 Å². The summed E-state index contributed by atoms with van der Waals surface area (Å²) in [7, 11) is -4.05. The lowest BCUT2D eigenvalue weighted by Gasteiger charge is -2.34. The number of amides is 2. The summed E-state index contributed by atoms with van der Waals surface area (Å²) in [5, 5.41) is 2.89. The summed E-state index contributed by atoms with van der Waals surface area (Å²) in [6.45, 7) is 4.38. The van der Waals surface area contributed by atoms with Gasteiger partial charge in [-0.05, 0) is 31.0 Å². The molecule has 27 heavy (non-hydrogen) atoms. The highest BCUT2D eigenvalue weighted by atomic mass is 32.2. The van der Waals surface area contributed by atoms with Crippen LogP contribution in [0.4, 0.5) is 18.0 Å². The summed E-state index contributed by atoms with van der Waals surface area (Å²) in [5.41, 5.74) is -1.01. The first-order chi connectivity index (χ1) is 12.6. The van der Waals surface area contributed by atoms with Gasteiger partial charge in [0.15, 0.2) is 0 Å². The molecule has 10 heteroatoms. The molecule has 1 aliphatic heterocycles. The van der Waals surface area contributed by atoms with E-state index in [0.717, 1.165) is 35.3 Å². The average Bonchev–Trinajstić information content (AvgIpc) is 2.65. The quantitative estimate of drug-likeness (QED) is 0.816. The number of rotatable bonds is 5. The Morgan fingerprint density at radius 1 is 1.15 bits per heavy atom. The standard InChI is InChI=1S/C17H24F3N3O3S/c1-3-14(4-2)21-16(24)22-8-10-23(11-9-22)27(25,26)15-7-5-6-13(12-15)17(18,19)20/h5-7,12,14H,3-4,8-11H2,1-2H3,(H,21,24). The van der Waals surface area contributed by atoms with Crippen molar-refractivity contribution >= 4 is 16.1 Å². The number of carbonyl (C=O) groups excluding carboxylic acids is 1. The van der Waals surface area contributed by atoms with E-state index in [1.54, 1.807) is 0 Å². The van der Waals surface area contributed by atoms with Crippen molar-refractivity contribution in [2.24, 2.45) is 0 Å². The topological polar surface area (TPSA) is 69.7 Å². The van der Waals surface area contributed by atoms with Crippen LogP contribution >= 0.6 is 0 Å². The Kier molecular flexibility index (Phi) is 6.74. The van der Waals surface area contributed by atoms with Crippen LogP contribution in [0.15, 0.2) is 29.2 Å². The molecule has 0 radical (unpaired) electrons. The zero-order chi connectivity index (χ0) is 20.2. The number of alkyl halides is 3. The first kappa shape index (κ1) is 21.5. The molecule has 1 N–H and O–H groups in total. The molecule has 1 aromatic rings. The SMILES string of the molecule is CCC(CC)NC(=O)N1CCN(S(=O)(=O)c2cccc(C(F)(F)F)c2)CC1. The van der Waals surface area contributed by atoms with E-state index >= 15 is 0 Å². The highest BCUT2D eigenvalue weighted by Gasteiger charge is 2.34. The van der Waals surface area contributed by atoms with Gasteiger partial charge in [-0.3, -0.25) is 0 Å². The second-order valence-corrected chi connectivity index (χ2v) is 8.32. The minimum absolute atomic E-state index is 0.0366. The van der Waals surface area contributed by atoms with Crippen LogP contribution in [0.25, 0.3) is 0 Å². The van der Waals surface area contributed by atoms with Crippen LogP contribution in [0.3, 0.4) is 0 Å². The second-order valence-electron chi connectivity index (χ2n) is 6.38. The van der Waals surface area contributed by atoms with Gasteiger partial charge < -0.3 is 10.2 Å². The zero-order valence-electron chi connectivity index (χ0n) is 15.3. The Labute approximate surface area is 157 Å². The lowest BCUT2D eigenvalue weighted by atomic mass is 10.2. The molecule has 0 aliphatic carbocycles. The fourth-order valence-corrected chi connectivity index (χ4v) is 4.34. The number of urea groups is 1. The molecule has 6 nitrogen and oxygen atoms in total. The maximum absolute atomic E-state index is 12.8. The molecule has 1 fully saturated rings. The van der Waals surface area contributed by atoms with E-state index in [1.807, 2.05) is 13.8 Å². The number of halogens is 3. The zero-order valence-corrected chi connectivity index (χ0v) is 16.1. The molecule has 0 spiro atoms. The molecule has 0 unspecified atom stereocenters. The highest BCUT2D eigenvalue weighted by Crippen LogP contribution is 2.31. The van der Waals surface area contributed by atoms with Gasteiger partial charge in [0.1, 0.15) is 0 Å². The number of carbonyl (C=O) groups is 1. The van der Waals surface area contributed by atoms with Gasteiger partial charge in [0.2, 0.25) is 10.0 Å². The largest absolute Gasteiger partial charge is 0.416 e. The molecule has 0 aromatic heterocycles. The van der Waals surface area contributed by atoms with Crippen LogP contribution < -0.4 is 5.32 Å². The number of sulfonamides is 1. The summed E-state index contributed by atoms with van der Waals surface area (Å²) in [6, 6.07) is 3.51. The van der Waals surface area contributed by atoms with Gasteiger partial charge in [0, 0.05) is 32.2 Å². The Morgan fingerprint density at radius 3 is 2.26 bits per heavy atom. The van der Waals surface area contributed by atoms with Crippen molar-refractivity contribution < 1.29 is 26.4 Å². The van der Waals surface area contributed by atoms with E-state index in [4.69, 9.17) is 0 Å². The summed E-state index contributed by atoms with van der Waals surface area (Å²) >= 11 is 0. The lowest BCUT2D eigenvalue weighted by Crippen LogP contribution is -2.54. The fraction of sp³-hybridized carbons (Fsp3) is 0.588. The second kappa shape index (κ2) is 8.47. The first-order valence-electron chi connectivity index (χ1n) is 8.82. The maximum Gasteiger partial charge on any atom is 0.416 e. The van der Waals surface area contributed by atoms with Crippen LogP contribution in [0.2, 0.25) is 0 Å². The van der Waals surface area contributed by atoms with Gasteiger partial charge >= 0.3 is 12.2 Å². The smallest absolute Gasteiger partial charge is 0.335 e. The summed E-state index contributed by atoms with van der Waals surface area (Å²) in [5.74, 6) is 0. The van der Waals surface area contributed by atoms with Crippen LogP contribution in [-0.2, 0) is 16.2 Å². The number of hydrogen-bond donors (Lipinski definition) is 1. The molecule has 1 aromatic carbocycles. The normalized spacial score (nSPS) is 16.6. The Morgan fingerprint density at radius 2 is 1.74 bits per heavy atom. The molecular weight excluding hydrogens is 383 g/mol. The summed E-state index contributed by atoms with van der Waals surface area (Å²) in [4.78, 5) is 13.4. The number of nitrogens with one attached hydrogen (secondary N) is 1. The van der Waals surface area contributed by atoms with Crippen molar-refractivity contribution in [3.63, 3.8) is 0 Å². The molecule has 1 aliphatic rings. The first-order valence-corrected chi connectivity index (χ1v) is 10.3. The molecule has 152 valence electrons. The van der Waals surface area contributed by atoms with E-state index in [2.05, 4.69) is 5.32 Å². The van der Waals surface area contributed by atoms with E-state index in [1.165, 1.54) is 4.90 Å². The third kappa shape index (κ3) is 5.13. The summed E-state index contributed by atoms with van der Waals surface area (Å²) in [6.07, 6.45) is -3.02. The fourth-order valence-electron chi connectivity index (χ4n) is 2.87. The van der Waals surface area contributed by atoms with Crippen molar-refractivity contribution in [2.75, 3.05) is 26.2 Å². The Bertz CT molecular complexity index is 756. The van der Waals surface area contributed by atoms with Crippen LogP contribution in [0.1, 0.15) is 32.3 Å². The van der Waals surface area contributed by atoms with Crippen LogP contribution in [0.5, 0.6) is 0 Å². The number of piperazine rings is 1. The van der Waals surface area contributed by atoms with Gasteiger partial charge in [-0.15, -0.1) is 0 Å². The minimum Gasteiger partial charge on any atom is -0.335 e. The third-order valence-electron chi connectivity index (χ3n) is 4.64. The van der Waals surface area contributed by atoms with Gasteiger partial charge in [-0.25, -0.2) is 13.2 Å². The van der Waals surface area contributed by atoms with Crippen molar-refractivity contribution in [2.45, 2.75) is 43.8 Å². The summed E-state index contributed by atoms with van der Waals surface area (Å²) < 4.78 is 64.9. The minimum atomic E-state index is -4.61. The molecule has 2 amide bonds. The van der Waals surface area contributed by atoms with Crippen molar-refractivity contribution in [3.8, 4) is 0 Å². The van der Waals surface area contributed by atoms with Gasteiger partial charge in [0.25, 0.3) is 0 Å². The maximum atomic E-state index is 12.8. The van der Waals surface area contributed by atoms with Gasteiger partial charge in [0.05, 0.1) is 10.5 Å². The predicted octanol–water partition coefficient (Wildman–Crippen LogP) is 2.91. The molecule has 2 rings (SSSR count). The van der Waals surface area contributed by atoms with Gasteiger partial charge in [-0.1, -0.05) is 19.9 Å². The molecule has 1 saturated heterocycles. The van der Waals surface area contributed by atoms with E-state index in [9.17, 15) is 26.4 Å². The Balaban J connectivity index is 2.06. The van der Waals surface area contributed by atoms with Crippen LogP contribution in [-0.4, -0.2) is 55.9 Å². The molecule has 0 bridgehead atoms. The molecule has 0 saturated carbocycles. The van der Waals surface area contributed by atoms with E-state index in [-0.39, 0.29) is 38.3 Å². The van der Waals surface area contributed by atoms with Crippen molar-refractivity contribution in [3.05, 3.63) is 29.8 Å². The number of benzene rings is 1. The lowest BCUT2D eigenvalue weighted by molar-refractivity contribution is -0.137. The number of hydrogen-bond acceptors (Lipinski definition) is 3. The third-order valence-corrected chi connectivity index (χ3v) is 6.53. The molecule has 1 heterocycles. The molecular formula is C17H24F3N3O3S. The Hall–Kier alpha value is -1.81. The molecule has 0 atom stereocenters. The van der Waals surface area contributed by atoms with Crippen molar-refractivity contribution in [1.82, 2.24) is 14.5 Å². The van der Waals surface area contributed by atoms with Gasteiger partial charge in [-0.2, -0.15) is 17.5 Å². The average molecular weight is 407 g/mol. The van der Waals surface area contributed by atoms with Crippen molar-refractivity contribution in [1.29, 1.82) is 0 Å². The monoisotopic (exact) mass is 407 g/mol.